The first-order valence-corrected chi connectivity index (χ1v) is 15.4. The fourth-order valence-electron chi connectivity index (χ4n) is 5.31. The highest BCUT2D eigenvalue weighted by Crippen LogP contribution is 2.39. The van der Waals surface area contributed by atoms with Crippen LogP contribution in [0.5, 0.6) is 17.2 Å². The van der Waals surface area contributed by atoms with Crippen molar-refractivity contribution in [2.24, 2.45) is 0 Å². The topological polar surface area (TPSA) is 94.0 Å². The van der Waals surface area contributed by atoms with Gasteiger partial charge in [-0.15, -0.1) is 0 Å². The molecule has 0 radical (unpaired) electrons. The third-order valence-electron chi connectivity index (χ3n) is 7.77. The lowest BCUT2D eigenvalue weighted by Gasteiger charge is -2.26. The van der Waals surface area contributed by atoms with Crippen molar-refractivity contribution in [1.29, 1.82) is 0 Å². The van der Waals surface area contributed by atoms with Crippen molar-refractivity contribution in [1.82, 2.24) is 9.97 Å². The number of aliphatic carboxylic acids is 1. The van der Waals surface area contributed by atoms with E-state index in [2.05, 4.69) is 29.9 Å². The van der Waals surface area contributed by atoms with E-state index in [1.54, 1.807) is 19.1 Å². The van der Waals surface area contributed by atoms with Crippen molar-refractivity contribution >= 4 is 11.9 Å². The number of methoxy groups -OCH3 is 2. The molecule has 256 valence electrons. The molecule has 0 atom stereocenters. The van der Waals surface area contributed by atoms with Crippen molar-refractivity contribution in [3.8, 4) is 28.4 Å². The Kier molecular flexibility index (Phi) is 11.9. The fourth-order valence-corrected chi connectivity index (χ4v) is 5.31. The van der Waals surface area contributed by atoms with E-state index < -0.39 is 24.4 Å². The Balaban J connectivity index is 1.82. The van der Waals surface area contributed by atoms with Crippen LogP contribution < -0.4 is 19.1 Å². The number of alkyl halides is 4. The molecule has 0 amide bonds. The molecule has 0 fully saturated rings. The van der Waals surface area contributed by atoms with Gasteiger partial charge in [0.15, 0.2) is 5.75 Å². The summed E-state index contributed by atoms with van der Waals surface area (Å²) in [6.07, 6.45) is -1.61. The molecule has 4 rings (SSSR count). The SMILES string of the molecule is COc1cc(CN(Cc2cc(CF)cc(C(F)(F)F)c2)c2ncc(OCCCC(=O)O)cn2)c(-c2cc(C(C)C)ccc2OC)cc1C. The molecule has 0 aliphatic heterocycles. The minimum Gasteiger partial charge on any atom is -0.496 e. The number of anilines is 1. The van der Waals surface area contributed by atoms with Gasteiger partial charge in [-0.3, -0.25) is 4.79 Å². The Hall–Kier alpha value is -4.87. The second kappa shape index (κ2) is 15.8. The number of benzene rings is 3. The molecule has 12 heteroatoms. The number of carboxylic acid groups (broad SMARTS) is 1. The summed E-state index contributed by atoms with van der Waals surface area (Å²) in [6, 6.07) is 13.0. The van der Waals surface area contributed by atoms with Crippen molar-refractivity contribution in [3.05, 3.63) is 94.3 Å². The molecule has 1 N–H and O–H groups in total. The number of aryl methyl sites for hydroxylation is 1. The van der Waals surface area contributed by atoms with E-state index >= 15 is 0 Å². The number of carbonyl (C=O) groups is 1. The van der Waals surface area contributed by atoms with Crippen LogP contribution in [0.2, 0.25) is 0 Å². The van der Waals surface area contributed by atoms with Crippen molar-refractivity contribution in [2.45, 2.75) is 65.5 Å². The largest absolute Gasteiger partial charge is 0.496 e. The number of ether oxygens (including phenoxy) is 3. The van der Waals surface area contributed by atoms with Gasteiger partial charge in [0.25, 0.3) is 0 Å². The predicted octanol–water partition coefficient (Wildman–Crippen LogP) is 8.53. The van der Waals surface area contributed by atoms with E-state index in [0.717, 1.165) is 39.9 Å². The molecular formula is C36H39F4N3O5. The van der Waals surface area contributed by atoms with Gasteiger partial charge in [-0.2, -0.15) is 13.2 Å². The lowest BCUT2D eigenvalue weighted by molar-refractivity contribution is -0.138. The summed E-state index contributed by atoms with van der Waals surface area (Å²) in [4.78, 5) is 21.4. The Bertz CT molecular complexity index is 1710. The molecular weight excluding hydrogens is 630 g/mol. The molecule has 0 bridgehead atoms. The van der Waals surface area contributed by atoms with E-state index in [-0.39, 0.29) is 55.5 Å². The minimum atomic E-state index is -4.67. The number of aromatic nitrogens is 2. The molecule has 0 saturated heterocycles. The summed E-state index contributed by atoms with van der Waals surface area (Å²) in [7, 11) is 3.15. The van der Waals surface area contributed by atoms with Crippen molar-refractivity contribution in [2.75, 3.05) is 25.7 Å². The van der Waals surface area contributed by atoms with Gasteiger partial charge in [0, 0.05) is 25.1 Å². The summed E-state index contributed by atoms with van der Waals surface area (Å²) in [5.74, 6) is 1.03. The molecule has 48 heavy (non-hydrogen) atoms. The van der Waals surface area contributed by atoms with Gasteiger partial charge in [-0.05, 0) is 89.0 Å². The Morgan fingerprint density at radius 2 is 1.60 bits per heavy atom. The normalized spacial score (nSPS) is 11.5. The summed E-state index contributed by atoms with van der Waals surface area (Å²) >= 11 is 0. The van der Waals surface area contributed by atoms with Gasteiger partial charge in [-0.25, -0.2) is 14.4 Å². The van der Waals surface area contributed by atoms with Gasteiger partial charge >= 0.3 is 12.1 Å². The quantitative estimate of drug-likeness (QED) is 0.0995. The molecule has 1 aromatic heterocycles. The van der Waals surface area contributed by atoms with Gasteiger partial charge in [-0.1, -0.05) is 26.0 Å². The van der Waals surface area contributed by atoms with Crippen LogP contribution in [0.3, 0.4) is 0 Å². The zero-order chi connectivity index (χ0) is 35.0. The monoisotopic (exact) mass is 669 g/mol. The molecule has 8 nitrogen and oxygen atoms in total. The van der Waals surface area contributed by atoms with Crippen LogP contribution in [0.15, 0.2) is 60.9 Å². The number of halogens is 4. The van der Waals surface area contributed by atoms with Crippen molar-refractivity contribution in [3.63, 3.8) is 0 Å². The zero-order valence-corrected chi connectivity index (χ0v) is 27.5. The van der Waals surface area contributed by atoms with E-state index in [1.165, 1.54) is 18.5 Å². The third-order valence-corrected chi connectivity index (χ3v) is 7.77. The van der Waals surface area contributed by atoms with Crippen LogP contribution in [-0.4, -0.2) is 41.9 Å². The van der Waals surface area contributed by atoms with Crippen LogP contribution in [0, 0.1) is 6.92 Å². The first kappa shape index (κ1) is 36.0. The molecule has 4 aromatic rings. The highest BCUT2D eigenvalue weighted by atomic mass is 19.4. The van der Waals surface area contributed by atoms with E-state index in [4.69, 9.17) is 19.3 Å². The van der Waals surface area contributed by atoms with Gasteiger partial charge in [0.05, 0.1) is 38.8 Å². The maximum atomic E-state index is 13.8. The number of hydrogen-bond acceptors (Lipinski definition) is 7. The number of rotatable bonds is 15. The molecule has 0 unspecified atom stereocenters. The summed E-state index contributed by atoms with van der Waals surface area (Å²) in [5, 5.41) is 8.87. The van der Waals surface area contributed by atoms with E-state index in [1.807, 2.05) is 31.2 Å². The lowest BCUT2D eigenvalue weighted by atomic mass is 9.92. The highest BCUT2D eigenvalue weighted by molar-refractivity contribution is 5.76. The summed E-state index contributed by atoms with van der Waals surface area (Å²) in [5.41, 5.74) is 3.53. The molecule has 0 aliphatic carbocycles. The second-order valence-corrected chi connectivity index (χ2v) is 11.7. The van der Waals surface area contributed by atoms with E-state index in [9.17, 15) is 22.4 Å². The Morgan fingerprint density at radius 3 is 2.21 bits per heavy atom. The van der Waals surface area contributed by atoms with Crippen molar-refractivity contribution < 1.29 is 41.7 Å². The maximum Gasteiger partial charge on any atom is 0.416 e. The van der Waals surface area contributed by atoms with Crippen LogP contribution in [-0.2, 0) is 30.7 Å². The maximum absolute atomic E-state index is 13.8. The van der Waals surface area contributed by atoms with Gasteiger partial charge in [0.1, 0.15) is 18.2 Å². The second-order valence-electron chi connectivity index (χ2n) is 11.7. The Morgan fingerprint density at radius 1 is 0.917 bits per heavy atom. The minimum absolute atomic E-state index is 0.0578. The summed E-state index contributed by atoms with van der Waals surface area (Å²) < 4.78 is 72.1. The molecule has 0 saturated carbocycles. The average Bonchev–Trinajstić information content (AvgIpc) is 3.06. The van der Waals surface area contributed by atoms with Gasteiger partial charge < -0.3 is 24.2 Å². The number of hydrogen-bond donors (Lipinski definition) is 1. The molecule has 0 aliphatic rings. The fraction of sp³-hybridized carbons (Fsp3) is 0.361. The molecule has 3 aromatic carbocycles. The number of carboxylic acids is 1. The zero-order valence-electron chi connectivity index (χ0n) is 27.5. The highest BCUT2D eigenvalue weighted by Gasteiger charge is 2.31. The first-order valence-electron chi connectivity index (χ1n) is 15.4. The predicted molar refractivity (Wildman–Crippen MR) is 174 cm³/mol. The van der Waals surface area contributed by atoms with Crippen LogP contribution >= 0.6 is 0 Å². The van der Waals surface area contributed by atoms with Crippen LogP contribution in [0.25, 0.3) is 11.1 Å². The number of nitrogens with zero attached hydrogens (tertiary/aromatic N) is 3. The molecule has 1 heterocycles. The van der Waals surface area contributed by atoms with Crippen LogP contribution in [0.1, 0.15) is 66.0 Å². The Labute approximate surface area is 277 Å². The lowest BCUT2D eigenvalue weighted by Crippen LogP contribution is -2.25. The standard InChI is InChI=1S/C36H39F4N3O5/c1-22(2)26-8-9-32(46-4)31(15-26)30-11-23(3)33(47-5)16-27(30)21-43(20-25-12-24(17-37)13-28(14-25)36(38,39)40)35-41-18-29(19-42-35)48-10-6-7-34(44)45/h8-9,11-16,18-19,22H,6-7,10,17,20-21H2,1-5H3,(H,44,45). The molecule has 0 spiro atoms. The van der Waals surface area contributed by atoms with Gasteiger partial charge in [0.2, 0.25) is 5.95 Å². The first-order chi connectivity index (χ1) is 22.8. The summed E-state index contributed by atoms with van der Waals surface area (Å²) in [6.45, 7) is 5.21. The average molecular weight is 670 g/mol. The smallest absolute Gasteiger partial charge is 0.416 e. The van der Waals surface area contributed by atoms with Crippen LogP contribution in [0.4, 0.5) is 23.5 Å². The van der Waals surface area contributed by atoms with E-state index in [0.29, 0.717) is 17.2 Å². The third kappa shape index (κ3) is 9.14.